The molecule has 0 aromatic carbocycles. The number of imidazole rings is 1. The van der Waals surface area contributed by atoms with E-state index < -0.39 is 0 Å². The summed E-state index contributed by atoms with van der Waals surface area (Å²) in [5, 5.41) is 4.30. The van der Waals surface area contributed by atoms with E-state index in [1.807, 2.05) is 29.5 Å². The number of hydrogen-bond donors (Lipinski definition) is 0. The molecular weight excluding hydrogens is 256 g/mol. The molecule has 5 heteroatoms. The second-order valence-corrected chi connectivity index (χ2v) is 4.67. The molecule has 1 aliphatic rings. The molecule has 3 rings (SSSR count). The van der Waals surface area contributed by atoms with E-state index in [0.29, 0.717) is 6.04 Å². The van der Waals surface area contributed by atoms with Crippen molar-refractivity contribution >= 4 is 15.9 Å². The molecule has 0 atom stereocenters. The molecule has 2 aromatic rings. The van der Waals surface area contributed by atoms with Crippen molar-refractivity contribution in [2.24, 2.45) is 0 Å². The quantitative estimate of drug-likeness (QED) is 0.854. The van der Waals surface area contributed by atoms with Crippen LogP contribution in [0.4, 0.5) is 0 Å². The van der Waals surface area contributed by atoms with E-state index in [1.54, 1.807) is 0 Å². The maximum absolute atomic E-state index is 4.30. The van der Waals surface area contributed by atoms with E-state index in [2.05, 4.69) is 30.6 Å². The van der Waals surface area contributed by atoms with E-state index >= 15 is 0 Å². The third-order valence-electron chi connectivity index (χ3n) is 2.62. The standard InChI is InChI=1S/C10H11BrN4/c11-10-3-4-14(13-10)6-9-5-12-7-15(9)8-1-2-8/h3-5,7-8H,1-2,6H2. The molecule has 15 heavy (non-hydrogen) atoms. The van der Waals surface area contributed by atoms with E-state index in [1.165, 1.54) is 18.5 Å². The highest BCUT2D eigenvalue weighted by Crippen LogP contribution is 2.35. The average Bonchev–Trinajstić information content (AvgIpc) is 2.83. The van der Waals surface area contributed by atoms with Crippen molar-refractivity contribution in [2.75, 3.05) is 0 Å². The van der Waals surface area contributed by atoms with Gasteiger partial charge in [-0.2, -0.15) is 5.10 Å². The van der Waals surface area contributed by atoms with Crippen molar-refractivity contribution in [3.8, 4) is 0 Å². The molecule has 78 valence electrons. The minimum atomic E-state index is 0.682. The zero-order valence-corrected chi connectivity index (χ0v) is 9.76. The molecule has 0 aliphatic heterocycles. The normalized spacial score (nSPS) is 15.8. The van der Waals surface area contributed by atoms with Crippen molar-refractivity contribution in [3.63, 3.8) is 0 Å². The van der Waals surface area contributed by atoms with Crippen LogP contribution >= 0.6 is 15.9 Å². The molecule has 0 radical (unpaired) electrons. The number of rotatable bonds is 3. The zero-order chi connectivity index (χ0) is 10.3. The van der Waals surface area contributed by atoms with E-state index in [4.69, 9.17) is 0 Å². The summed E-state index contributed by atoms with van der Waals surface area (Å²) in [6, 6.07) is 2.62. The molecular formula is C10H11BrN4. The van der Waals surface area contributed by atoms with Crippen LogP contribution in [0, 0.1) is 0 Å². The average molecular weight is 267 g/mol. The lowest BCUT2D eigenvalue weighted by atomic mass is 10.4. The fourth-order valence-corrected chi connectivity index (χ4v) is 2.05. The summed E-state index contributed by atoms with van der Waals surface area (Å²) >= 11 is 3.34. The molecule has 0 spiro atoms. The van der Waals surface area contributed by atoms with Crippen LogP contribution in [0.3, 0.4) is 0 Å². The highest BCUT2D eigenvalue weighted by Gasteiger charge is 2.25. The largest absolute Gasteiger partial charge is 0.330 e. The molecule has 4 nitrogen and oxygen atoms in total. The number of aromatic nitrogens is 4. The van der Waals surface area contributed by atoms with Gasteiger partial charge in [-0.15, -0.1) is 0 Å². The molecule has 0 amide bonds. The first kappa shape index (κ1) is 9.15. The fraction of sp³-hybridized carbons (Fsp3) is 0.400. The maximum Gasteiger partial charge on any atom is 0.128 e. The van der Waals surface area contributed by atoms with E-state index in [0.717, 1.165) is 11.1 Å². The van der Waals surface area contributed by atoms with Crippen LogP contribution in [-0.4, -0.2) is 19.3 Å². The summed E-state index contributed by atoms with van der Waals surface area (Å²) in [5.41, 5.74) is 1.23. The maximum atomic E-state index is 4.30. The third-order valence-corrected chi connectivity index (χ3v) is 3.04. The molecule has 2 heterocycles. The Hall–Kier alpha value is -1.10. The molecule has 1 saturated carbocycles. The fourth-order valence-electron chi connectivity index (χ4n) is 1.73. The summed E-state index contributed by atoms with van der Waals surface area (Å²) in [6.07, 6.45) is 8.38. The van der Waals surface area contributed by atoms with E-state index in [9.17, 15) is 0 Å². The lowest BCUT2D eigenvalue weighted by Crippen LogP contribution is -2.06. The van der Waals surface area contributed by atoms with Gasteiger partial charge in [0.1, 0.15) is 4.60 Å². The van der Waals surface area contributed by atoms with Gasteiger partial charge >= 0.3 is 0 Å². The minimum Gasteiger partial charge on any atom is -0.330 e. The van der Waals surface area contributed by atoms with Crippen LogP contribution in [0.15, 0.2) is 29.4 Å². The summed E-state index contributed by atoms with van der Waals surface area (Å²) in [5.74, 6) is 0. The summed E-state index contributed by atoms with van der Waals surface area (Å²) in [6.45, 7) is 0.794. The predicted octanol–water partition coefficient (Wildman–Crippen LogP) is 2.23. The Morgan fingerprint density at radius 3 is 3.00 bits per heavy atom. The topological polar surface area (TPSA) is 35.6 Å². The molecule has 0 N–H and O–H groups in total. The van der Waals surface area contributed by atoms with Crippen LogP contribution in [0.5, 0.6) is 0 Å². The van der Waals surface area contributed by atoms with Crippen molar-refractivity contribution in [1.82, 2.24) is 19.3 Å². The SMILES string of the molecule is Brc1ccn(Cc2cncn2C2CC2)n1. The Bertz CT molecular complexity index is 469. The van der Waals surface area contributed by atoms with Gasteiger partial charge in [0.2, 0.25) is 0 Å². The van der Waals surface area contributed by atoms with Crippen molar-refractivity contribution < 1.29 is 0 Å². The monoisotopic (exact) mass is 266 g/mol. The summed E-state index contributed by atoms with van der Waals surface area (Å²) in [7, 11) is 0. The first-order valence-corrected chi connectivity index (χ1v) is 5.82. The Morgan fingerprint density at radius 2 is 2.33 bits per heavy atom. The van der Waals surface area contributed by atoms with Crippen LogP contribution in [0.25, 0.3) is 0 Å². The Balaban J connectivity index is 1.84. The Morgan fingerprint density at radius 1 is 1.47 bits per heavy atom. The van der Waals surface area contributed by atoms with Crippen LogP contribution in [0.1, 0.15) is 24.6 Å². The van der Waals surface area contributed by atoms with Crippen LogP contribution in [-0.2, 0) is 6.54 Å². The van der Waals surface area contributed by atoms with Gasteiger partial charge in [-0.05, 0) is 34.8 Å². The van der Waals surface area contributed by atoms with Gasteiger partial charge in [0, 0.05) is 12.2 Å². The minimum absolute atomic E-state index is 0.682. The van der Waals surface area contributed by atoms with Crippen molar-refractivity contribution in [3.05, 3.63) is 35.1 Å². The smallest absolute Gasteiger partial charge is 0.128 e. The molecule has 1 fully saturated rings. The van der Waals surface area contributed by atoms with Gasteiger partial charge in [-0.1, -0.05) is 0 Å². The van der Waals surface area contributed by atoms with Crippen LogP contribution < -0.4 is 0 Å². The zero-order valence-electron chi connectivity index (χ0n) is 8.17. The Labute approximate surface area is 96.1 Å². The van der Waals surface area contributed by atoms with Crippen LogP contribution in [0.2, 0.25) is 0 Å². The van der Waals surface area contributed by atoms with Crippen molar-refractivity contribution in [1.29, 1.82) is 0 Å². The third kappa shape index (κ3) is 1.84. The number of nitrogens with zero attached hydrogens (tertiary/aromatic N) is 4. The lowest BCUT2D eigenvalue weighted by molar-refractivity contribution is 0.613. The highest BCUT2D eigenvalue weighted by atomic mass is 79.9. The number of hydrogen-bond acceptors (Lipinski definition) is 2. The second kappa shape index (κ2) is 3.48. The van der Waals surface area contributed by atoms with Gasteiger partial charge in [0.15, 0.2) is 0 Å². The highest BCUT2D eigenvalue weighted by molar-refractivity contribution is 9.10. The second-order valence-electron chi connectivity index (χ2n) is 3.86. The van der Waals surface area contributed by atoms with Gasteiger partial charge in [0.05, 0.1) is 24.8 Å². The first-order chi connectivity index (χ1) is 7.33. The molecule has 0 saturated heterocycles. The van der Waals surface area contributed by atoms with Gasteiger partial charge in [-0.3, -0.25) is 4.68 Å². The molecule has 2 aromatic heterocycles. The number of halogens is 1. The summed E-state index contributed by atoms with van der Waals surface area (Å²) in [4.78, 5) is 4.20. The molecule has 0 unspecified atom stereocenters. The Kier molecular flexibility index (Phi) is 2.12. The van der Waals surface area contributed by atoms with Crippen molar-refractivity contribution in [2.45, 2.75) is 25.4 Å². The molecule has 1 aliphatic carbocycles. The van der Waals surface area contributed by atoms with Gasteiger partial charge < -0.3 is 4.57 Å². The summed E-state index contributed by atoms with van der Waals surface area (Å²) < 4.78 is 5.05. The first-order valence-electron chi connectivity index (χ1n) is 5.02. The predicted molar refractivity (Wildman–Crippen MR) is 59.5 cm³/mol. The molecule has 0 bridgehead atoms. The lowest BCUT2D eigenvalue weighted by Gasteiger charge is -2.05. The van der Waals surface area contributed by atoms with Gasteiger partial charge in [-0.25, -0.2) is 4.98 Å². The van der Waals surface area contributed by atoms with E-state index in [-0.39, 0.29) is 0 Å². The van der Waals surface area contributed by atoms with Gasteiger partial charge in [0.25, 0.3) is 0 Å².